The Morgan fingerprint density at radius 3 is 2.38 bits per heavy atom. The van der Waals surface area contributed by atoms with E-state index in [2.05, 4.69) is 31.9 Å². The number of likely N-dealkylation sites (tertiary alicyclic amines) is 1. The summed E-state index contributed by atoms with van der Waals surface area (Å²) in [6.45, 7) is 9.01. The number of rotatable bonds is 13. The van der Waals surface area contributed by atoms with E-state index in [0.29, 0.717) is 34.4 Å². The number of carbonyl (C=O) groups excluding carboxylic acids is 3. The second kappa shape index (κ2) is 17.6. The molecule has 13 nitrogen and oxygen atoms in total. The van der Waals surface area contributed by atoms with Gasteiger partial charge in [-0.2, -0.15) is 0 Å². The van der Waals surface area contributed by atoms with Crippen LogP contribution in [0, 0.1) is 28.8 Å². The van der Waals surface area contributed by atoms with Crippen molar-refractivity contribution < 1.29 is 45.4 Å². The number of thiazole rings is 1. The molecule has 60 heavy (non-hydrogen) atoms. The van der Waals surface area contributed by atoms with Gasteiger partial charge in [-0.25, -0.2) is 31.6 Å². The number of nitrogens with one attached hydrogen (secondary N) is 3. The Kier molecular flexibility index (Phi) is 13.7. The van der Waals surface area contributed by atoms with Gasteiger partial charge >= 0.3 is 0 Å². The molecule has 1 aliphatic heterocycles. The normalized spacial score (nSPS) is 21.5. The highest BCUT2D eigenvalue weighted by Gasteiger charge is 2.62. The van der Waals surface area contributed by atoms with E-state index in [1.165, 1.54) is 29.7 Å². The van der Waals surface area contributed by atoms with Gasteiger partial charge in [-0.1, -0.05) is 38.4 Å². The predicted octanol–water partition coefficient (Wildman–Crippen LogP) is 6.83. The van der Waals surface area contributed by atoms with Gasteiger partial charge in [0.15, 0.2) is 22.6 Å². The average molecular weight is 934 g/mol. The van der Waals surface area contributed by atoms with Gasteiger partial charge in [0.05, 0.1) is 30.8 Å². The molecule has 1 saturated heterocycles. The lowest BCUT2D eigenvalue weighted by Gasteiger charge is -2.35. The van der Waals surface area contributed by atoms with E-state index in [4.69, 9.17) is 21.1 Å². The number of nitrogens with zero attached hydrogens (tertiary/aromatic N) is 3. The largest absolute Gasteiger partial charge is 0.494 e. The molecule has 2 aliphatic carbocycles. The Labute approximate surface area is 365 Å². The number of sulfonamides is 1. The van der Waals surface area contributed by atoms with Crippen molar-refractivity contribution in [2.24, 2.45) is 11.3 Å². The van der Waals surface area contributed by atoms with E-state index in [0.717, 1.165) is 23.5 Å². The monoisotopic (exact) mass is 932 g/mol. The highest BCUT2D eigenvalue weighted by Crippen LogP contribution is 2.46. The minimum absolute atomic E-state index is 0. The van der Waals surface area contributed by atoms with E-state index in [9.17, 15) is 36.0 Å². The zero-order valence-corrected chi connectivity index (χ0v) is 36.6. The van der Waals surface area contributed by atoms with Crippen molar-refractivity contribution in [3.05, 3.63) is 77.0 Å². The van der Waals surface area contributed by atoms with Crippen LogP contribution in [0.4, 0.5) is 18.3 Å². The maximum Gasteiger partial charge on any atom is 0.259 e. The molecule has 7 rings (SSSR count). The maximum atomic E-state index is 14.8. The first-order valence-corrected chi connectivity index (χ1v) is 21.1. The van der Waals surface area contributed by atoms with Crippen LogP contribution in [0.2, 0.25) is 5.02 Å². The quantitative estimate of drug-likeness (QED) is 0.0956. The number of fused-ring (bicyclic) bond motifs is 1. The van der Waals surface area contributed by atoms with Crippen molar-refractivity contribution in [2.45, 2.75) is 75.4 Å². The first-order valence-electron chi connectivity index (χ1n) is 18.3. The summed E-state index contributed by atoms with van der Waals surface area (Å²) in [6, 6.07) is 4.45. The second-order valence-corrected chi connectivity index (χ2v) is 19.0. The Balaban J connectivity index is 0.00000341. The summed E-state index contributed by atoms with van der Waals surface area (Å²) in [4.78, 5) is 53.0. The Morgan fingerprint density at radius 2 is 1.78 bits per heavy atom. The third kappa shape index (κ3) is 9.27. The van der Waals surface area contributed by atoms with E-state index in [1.807, 2.05) is 0 Å². The lowest BCUT2D eigenvalue weighted by atomic mass is 9.85. The van der Waals surface area contributed by atoms with Crippen molar-refractivity contribution in [1.29, 1.82) is 0 Å². The summed E-state index contributed by atoms with van der Waals surface area (Å²) in [5, 5.41) is 8.49. The van der Waals surface area contributed by atoms with Crippen molar-refractivity contribution in [3.63, 3.8) is 0 Å². The lowest BCUT2D eigenvalue weighted by molar-refractivity contribution is -0.141. The Morgan fingerprint density at radius 1 is 1.10 bits per heavy atom. The molecule has 5 atom stereocenters. The minimum Gasteiger partial charge on any atom is -0.494 e. The standard InChI is InChI=1S/C39H40ClF3N6O7S2.2ClH/c1-6-20-15-39(20,36(52)48-58(53,54)23-8-9-23)47-33(50)29-14-22(56-34-25-13-21(40)7-10-24(25)30(55-5)16-44-34)17-49(29)35(51)32(38(2,3)4)46-37-45-28(18-57-37)19-11-26(41)31(43)27(42)12-19;;/h6-7,10-13,16,18,20,22-23,29,32H,1,8-9,14-15,17H2,2-5H3,(H,45,46)(H,47,50)(H,48,52);2*1H/t20-,22-,29+,32-,39-;;/m1../s1. The molecule has 21 heteroatoms. The van der Waals surface area contributed by atoms with Gasteiger partial charge in [0, 0.05) is 39.1 Å². The molecule has 4 aromatic rings. The van der Waals surface area contributed by atoms with Crippen LogP contribution in [0.5, 0.6) is 11.6 Å². The summed E-state index contributed by atoms with van der Waals surface area (Å²) in [7, 11) is -2.46. The summed E-state index contributed by atoms with van der Waals surface area (Å²) in [5.74, 6) is -6.47. The number of ether oxygens (including phenoxy) is 2. The Hall–Kier alpha value is -4.36. The fraction of sp³-hybridized carbons (Fsp3) is 0.410. The van der Waals surface area contributed by atoms with Crippen molar-refractivity contribution in [1.82, 2.24) is 24.9 Å². The van der Waals surface area contributed by atoms with E-state index < -0.39 is 85.5 Å². The van der Waals surface area contributed by atoms with Gasteiger partial charge in [0.25, 0.3) is 5.91 Å². The van der Waals surface area contributed by atoms with Crippen molar-refractivity contribution in [2.75, 3.05) is 19.0 Å². The van der Waals surface area contributed by atoms with E-state index in [1.54, 1.807) is 39.0 Å². The molecule has 3 fully saturated rings. The zero-order chi connectivity index (χ0) is 41.9. The summed E-state index contributed by atoms with van der Waals surface area (Å²) in [6.07, 6.45) is 3.02. The number of pyridine rings is 1. The van der Waals surface area contributed by atoms with Crippen LogP contribution in [0.1, 0.15) is 46.5 Å². The van der Waals surface area contributed by atoms with Crippen molar-refractivity contribution in [3.8, 4) is 22.9 Å². The number of aromatic nitrogens is 2. The molecular formula is C39H42Cl3F3N6O7S2. The molecule has 3 aliphatic rings. The van der Waals surface area contributed by atoms with Crippen LogP contribution in [-0.2, 0) is 24.4 Å². The van der Waals surface area contributed by atoms with Gasteiger partial charge in [0.2, 0.25) is 27.7 Å². The third-order valence-electron chi connectivity index (χ3n) is 10.5. The highest BCUT2D eigenvalue weighted by molar-refractivity contribution is 7.91. The fourth-order valence-electron chi connectivity index (χ4n) is 7.09. The number of benzene rings is 2. The first kappa shape index (κ1) is 46.7. The van der Waals surface area contributed by atoms with Crippen LogP contribution in [0.25, 0.3) is 22.0 Å². The van der Waals surface area contributed by atoms with Gasteiger partial charge < -0.3 is 25.0 Å². The number of hydrogen-bond acceptors (Lipinski definition) is 11. The minimum atomic E-state index is -3.95. The smallest absolute Gasteiger partial charge is 0.259 e. The second-order valence-electron chi connectivity index (χ2n) is 15.7. The van der Waals surface area contributed by atoms with E-state index in [-0.39, 0.29) is 66.5 Å². The molecule has 0 unspecified atom stereocenters. The number of halogens is 6. The molecular weight excluding hydrogens is 892 g/mol. The van der Waals surface area contributed by atoms with E-state index >= 15 is 0 Å². The lowest BCUT2D eigenvalue weighted by Crippen LogP contribution is -2.58. The maximum absolute atomic E-state index is 14.8. The fourth-order valence-corrected chi connectivity index (χ4v) is 9.37. The Bertz CT molecular complexity index is 2430. The van der Waals surface area contributed by atoms with Gasteiger partial charge in [-0.05, 0) is 55.0 Å². The summed E-state index contributed by atoms with van der Waals surface area (Å²) in [5.41, 5.74) is -2.33. The summed E-state index contributed by atoms with van der Waals surface area (Å²) < 4.78 is 81.3. The SMILES string of the molecule is C=C[C@@H]1C[C@]1(NC(=O)[C@@H]1C[C@@H](Oc2ncc(OC)c3ccc(Cl)cc23)CN1C(=O)[C@@H](Nc1nc(-c2cc(F)c(F)c(F)c2)cs1)C(C)(C)C)C(=O)NS(=O)(=O)C1CC1.Cl.Cl. The molecule has 0 bridgehead atoms. The third-order valence-corrected chi connectivity index (χ3v) is 13.4. The topological polar surface area (TPSA) is 169 Å². The van der Waals surface area contributed by atoms with Crippen LogP contribution in [0.15, 0.2) is 54.6 Å². The van der Waals surface area contributed by atoms with Crippen LogP contribution in [0.3, 0.4) is 0 Å². The van der Waals surface area contributed by atoms with Gasteiger partial charge in [-0.3, -0.25) is 19.1 Å². The average Bonchev–Trinajstić information content (AvgIpc) is 4.06. The number of hydrogen-bond donors (Lipinski definition) is 3. The first-order chi connectivity index (χ1) is 27.3. The molecule has 3 heterocycles. The number of carbonyl (C=O) groups is 3. The zero-order valence-electron chi connectivity index (χ0n) is 32.6. The van der Waals surface area contributed by atoms with Gasteiger partial charge in [0.1, 0.15) is 29.5 Å². The highest BCUT2D eigenvalue weighted by atomic mass is 35.5. The molecule has 0 spiro atoms. The van der Waals surface area contributed by atoms with Crippen LogP contribution < -0.4 is 24.8 Å². The van der Waals surface area contributed by atoms with Crippen LogP contribution >= 0.6 is 47.8 Å². The molecule has 2 aromatic carbocycles. The molecule has 324 valence electrons. The summed E-state index contributed by atoms with van der Waals surface area (Å²) >= 11 is 7.39. The number of anilines is 1. The molecule has 2 aromatic heterocycles. The molecule has 3 amide bonds. The van der Waals surface area contributed by atoms with Gasteiger partial charge in [-0.15, -0.1) is 42.7 Å². The number of methoxy groups -OCH3 is 1. The predicted molar refractivity (Wildman–Crippen MR) is 226 cm³/mol. The van der Waals surface area contributed by atoms with Crippen LogP contribution in [-0.4, -0.2) is 83.6 Å². The van der Waals surface area contributed by atoms with Crippen molar-refractivity contribution >= 4 is 91.4 Å². The number of amides is 3. The molecule has 2 saturated carbocycles. The molecule has 0 radical (unpaired) electrons. The molecule has 3 N–H and O–H groups in total.